The van der Waals surface area contributed by atoms with Gasteiger partial charge in [0, 0.05) is 18.5 Å². The molecule has 1 heterocycles. The molecule has 0 saturated carbocycles. The third-order valence-electron chi connectivity index (χ3n) is 2.52. The normalized spacial score (nSPS) is 9.65. The predicted octanol–water partition coefficient (Wildman–Crippen LogP) is 0.469. The van der Waals surface area contributed by atoms with E-state index >= 15 is 0 Å². The van der Waals surface area contributed by atoms with Gasteiger partial charge in [-0.2, -0.15) is 15.4 Å². The van der Waals surface area contributed by atoms with Crippen molar-refractivity contribution in [2.75, 3.05) is 6.61 Å². The molecule has 1 aromatic carbocycles. The summed E-state index contributed by atoms with van der Waals surface area (Å²) in [5.74, 6) is 5.52. The predicted molar refractivity (Wildman–Crippen MR) is 72.6 cm³/mol. The topological polar surface area (TPSA) is 90.9 Å². The van der Waals surface area contributed by atoms with Crippen LogP contribution in [0.5, 0.6) is 0 Å². The summed E-state index contributed by atoms with van der Waals surface area (Å²) in [4.78, 5) is 11.6. The lowest BCUT2D eigenvalue weighted by Gasteiger charge is -2.03. The van der Waals surface area contributed by atoms with Crippen molar-refractivity contribution in [2.45, 2.75) is 13.0 Å². The minimum absolute atomic E-state index is 0.0686. The molecule has 20 heavy (non-hydrogen) atoms. The van der Waals surface area contributed by atoms with E-state index in [0.29, 0.717) is 13.0 Å². The molecular formula is C14H14N4O2. The summed E-state index contributed by atoms with van der Waals surface area (Å²) < 4.78 is 0. The Balaban J connectivity index is 1.88. The molecule has 0 saturated heterocycles. The molecule has 0 aliphatic rings. The maximum Gasteiger partial charge on any atom is 0.273 e. The van der Waals surface area contributed by atoms with Crippen molar-refractivity contribution < 1.29 is 9.90 Å². The van der Waals surface area contributed by atoms with Crippen LogP contribution in [-0.4, -0.2) is 33.0 Å². The van der Waals surface area contributed by atoms with Gasteiger partial charge in [0.15, 0.2) is 5.69 Å². The number of rotatable bonds is 4. The maximum atomic E-state index is 11.6. The van der Waals surface area contributed by atoms with E-state index in [1.54, 1.807) is 0 Å². The Hall–Kier alpha value is -2.65. The second kappa shape index (κ2) is 7.07. The van der Waals surface area contributed by atoms with Crippen molar-refractivity contribution in [3.05, 3.63) is 47.3 Å². The van der Waals surface area contributed by atoms with Crippen LogP contribution < -0.4 is 5.32 Å². The third kappa shape index (κ3) is 3.93. The highest BCUT2D eigenvalue weighted by atomic mass is 16.2. The van der Waals surface area contributed by atoms with Crippen LogP contribution in [0.1, 0.15) is 28.0 Å². The molecule has 0 atom stereocenters. The Labute approximate surface area is 116 Å². The zero-order valence-corrected chi connectivity index (χ0v) is 10.8. The Bertz CT molecular complexity index is 609. The highest BCUT2D eigenvalue weighted by Crippen LogP contribution is 2.03. The number of aromatic amines is 1. The molecular weight excluding hydrogens is 256 g/mol. The average molecular weight is 270 g/mol. The number of amides is 1. The van der Waals surface area contributed by atoms with Gasteiger partial charge in [-0.1, -0.05) is 24.0 Å². The Morgan fingerprint density at radius 2 is 2.15 bits per heavy atom. The summed E-state index contributed by atoms with van der Waals surface area (Å²) in [6, 6.07) is 7.54. The van der Waals surface area contributed by atoms with Gasteiger partial charge in [0.2, 0.25) is 0 Å². The van der Waals surface area contributed by atoms with Gasteiger partial charge in [-0.3, -0.25) is 4.79 Å². The van der Waals surface area contributed by atoms with Crippen molar-refractivity contribution in [3.8, 4) is 11.8 Å². The van der Waals surface area contributed by atoms with Crippen LogP contribution in [0.15, 0.2) is 30.5 Å². The summed E-state index contributed by atoms with van der Waals surface area (Å²) in [6.07, 6.45) is 1.84. The number of aromatic nitrogens is 3. The van der Waals surface area contributed by atoms with Crippen LogP contribution in [0.2, 0.25) is 0 Å². The number of benzene rings is 1. The summed E-state index contributed by atoms with van der Waals surface area (Å²) in [6.45, 7) is 0.481. The van der Waals surface area contributed by atoms with Gasteiger partial charge in [0.05, 0.1) is 12.8 Å². The Morgan fingerprint density at radius 1 is 1.35 bits per heavy atom. The summed E-state index contributed by atoms with van der Waals surface area (Å²) in [5, 5.41) is 21.0. The molecule has 0 spiro atoms. The minimum atomic E-state index is -0.273. The van der Waals surface area contributed by atoms with E-state index in [9.17, 15) is 4.79 Å². The van der Waals surface area contributed by atoms with Crippen LogP contribution in [0.3, 0.4) is 0 Å². The largest absolute Gasteiger partial charge is 0.395 e. The van der Waals surface area contributed by atoms with Crippen molar-refractivity contribution in [3.63, 3.8) is 0 Å². The molecule has 1 aromatic heterocycles. The zero-order chi connectivity index (χ0) is 14.2. The standard InChI is InChI=1S/C14H14N4O2/c19-8-2-1-3-11-4-6-12(7-5-11)9-15-14(20)13-10-16-18-17-13/h4-7,10,19H,2,8-9H2,(H,15,20)(H,16,17,18). The molecule has 0 aliphatic carbocycles. The SMILES string of the molecule is O=C(NCc1ccc(C#CCCO)cc1)c1cn[nH]n1. The van der Waals surface area contributed by atoms with E-state index in [4.69, 9.17) is 5.11 Å². The van der Waals surface area contributed by atoms with Crippen molar-refractivity contribution in [2.24, 2.45) is 0 Å². The second-order valence-corrected chi connectivity index (χ2v) is 4.01. The lowest BCUT2D eigenvalue weighted by Crippen LogP contribution is -2.23. The smallest absolute Gasteiger partial charge is 0.273 e. The monoisotopic (exact) mass is 270 g/mol. The molecule has 0 unspecified atom stereocenters. The number of carbonyl (C=O) groups is 1. The number of aliphatic hydroxyl groups is 1. The lowest BCUT2D eigenvalue weighted by molar-refractivity contribution is 0.0946. The molecule has 102 valence electrons. The molecule has 1 amide bonds. The van der Waals surface area contributed by atoms with Crippen LogP contribution >= 0.6 is 0 Å². The molecule has 0 bridgehead atoms. The van der Waals surface area contributed by atoms with Crippen LogP contribution in [0.4, 0.5) is 0 Å². The van der Waals surface area contributed by atoms with Gasteiger partial charge >= 0.3 is 0 Å². The first-order chi connectivity index (χ1) is 9.79. The number of aliphatic hydroxyl groups excluding tert-OH is 1. The van der Waals surface area contributed by atoms with Crippen LogP contribution in [0, 0.1) is 11.8 Å². The van der Waals surface area contributed by atoms with Crippen LogP contribution in [0.25, 0.3) is 0 Å². The highest BCUT2D eigenvalue weighted by molar-refractivity contribution is 5.91. The number of carbonyl (C=O) groups excluding carboxylic acids is 1. The van der Waals surface area contributed by atoms with E-state index in [1.165, 1.54) is 6.20 Å². The quantitative estimate of drug-likeness (QED) is 0.704. The number of hydrogen-bond acceptors (Lipinski definition) is 4. The van der Waals surface area contributed by atoms with Gasteiger partial charge in [-0.15, -0.1) is 0 Å². The highest BCUT2D eigenvalue weighted by Gasteiger charge is 2.07. The maximum absolute atomic E-state index is 11.6. The van der Waals surface area contributed by atoms with Crippen LogP contribution in [-0.2, 0) is 6.54 Å². The number of hydrogen-bond donors (Lipinski definition) is 3. The van der Waals surface area contributed by atoms with Crippen molar-refractivity contribution >= 4 is 5.91 Å². The van der Waals surface area contributed by atoms with Crippen molar-refractivity contribution in [1.29, 1.82) is 0 Å². The first-order valence-electron chi connectivity index (χ1n) is 6.12. The molecule has 2 rings (SSSR count). The summed E-state index contributed by atoms with van der Waals surface area (Å²) in [5.41, 5.74) is 2.11. The third-order valence-corrected chi connectivity index (χ3v) is 2.52. The first-order valence-corrected chi connectivity index (χ1v) is 6.12. The zero-order valence-electron chi connectivity index (χ0n) is 10.8. The Morgan fingerprint density at radius 3 is 2.80 bits per heavy atom. The van der Waals surface area contributed by atoms with Crippen molar-refractivity contribution in [1.82, 2.24) is 20.7 Å². The number of nitrogens with zero attached hydrogens (tertiary/aromatic N) is 2. The van der Waals surface area contributed by atoms with Gasteiger partial charge < -0.3 is 10.4 Å². The van der Waals surface area contributed by atoms with Gasteiger partial charge in [-0.25, -0.2) is 0 Å². The van der Waals surface area contributed by atoms with Gasteiger partial charge in [0.1, 0.15) is 0 Å². The van der Waals surface area contributed by atoms with E-state index in [0.717, 1.165) is 11.1 Å². The molecule has 2 aromatic rings. The van der Waals surface area contributed by atoms with E-state index in [1.807, 2.05) is 24.3 Å². The summed E-state index contributed by atoms with van der Waals surface area (Å²) >= 11 is 0. The molecule has 0 radical (unpaired) electrons. The van der Waals surface area contributed by atoms with E-state index in [-0.39, 0.29) is 18.2 Å². The fraction of sp³-hybridized carbons (Fsp3) is 0.214. The molecule has 3 N–H and O–H groups in total. The summed E-state index contributed by atoms with van der Waals surface area (Å²) in [7, 11) is 0. The second-order valence-electron chi connectivity index (χ2n) is 4.01. The first kappa shape index (κ1) is 13.8. The van der Waals surface area contributed by atoms with E-state index in [2.05, 4.69) is 32.6 Å². The van der Waals surface area contributed by atoms with E-state index < -0.39 is 0 Å². The van der Waals surface area contributed by atoms with Gasteiger partial charge in [-0.05, 0) is 17.7 Å². The minimum Gasteiger partial charge on any atom is -0.395 e. The fourth-order valence-electron chi connectivity index (χ4n) is 1.51. The lowest BCUT2D eigenvalue weighted by atomic mass is 10.1. The number of H-pyrrole nitrogens is 1. The Kier molecular flexibility index (Phi) is 4.87. The molecule has 0 aliphatic heterocycles. The number of nitrogens with one attached hydrogen (secondary N) is 2. The molecule has 6 nitrogen and oxygen atoms in total. The molecule has 6 heteroatoms. The molecule has 0 fully saturated rings. The fourth-order valence-corrected chi connectivity index (χ4v) is 1.51. The average Bonchev–Trinajstić information content (AvgIpc) is 3.01. The van der Waals surface area contributed by atoms with Gasteiger partial charge in [0.25, 0.3) is 5.91 Å².